The van der Waals surface area contributed by atoms with Crippen LogP contribution >= 0.6 is 0 Å². The van der Waals surface area contributed by atoms with E-state index in [4.69, 9.17) is 0 Å². The lowest BCUT2D eigenvalue weighted by Gasteiger charge is -2.34. The molecule has 1 unspecified atom stereocenters. The molecule has 28 heavy (non-hydrogen) atoms. The van der Waals surface area contributed by atoms with Crippen LogP contribution in [0.3, 0.4) is 0 Å². The number of aromatic nitrogens is 3. The molecule has 1 aliphatic heterocycles. The first-order chi connectivity index (χ1) is 13.6. The predicted molar refractivity (Wildman–Crippen MR) is 108 cm³/mol. The number of hydrogen-bond acceptors (Lipinski definition) is 3. The molecular weight excluding hydrogens is 348 g/mol. The molecule has 3 aliphatic rings. The van der Waals surface area contributed by atoms with Crippen molar-refractivity contribution in [1.29, 1.82) is 0 Å². The molecule has 1 aromatic heterocycles. The molecule has 1 amide bonds. The third-order valence-corrected chi connectivity index (χ3v) is 7.79. The van der Waals surface area contributed by atoms with Crippen molar-refractivity contribution >= 4 is 5.91 Å². The van der Waals surface area contributed by atoms with Gasteiger partial charge in [-0.3, -0.25) is 4.79 Å². The minimum Gasteiger partial charge on any atom is -0.341 e. The monoisotopic (exact) mass is 378 g/mol. The molecule has 3 fully saturated rings. The third kappa shape index (κ3) is 2.62. The van der Waals surface area contributed by atoms with Gasteiger partial charge < -0.3 is 9.47 Å². The average Bonchev–Trinajstić information content (AvgIpc) is 3.51. The Hall–Kier alpha value is -2.17. The number of likely N-dealkylation sites (tertiary alicyclic amines) is 1. The number of carbonyl (C=O) groups is 1. The number of rotatable bonds is 3. The zero-order chi connectivity index (χ0) is 19.2. The van der Waals surface area contributed by atoms with Gasteiger partial charge in [-0.25, -0.2) is 0 Å². The van der Waals surface area contributed by atoms with Crippen LogP contribution in [0.5, 0.6) is 0 Å². The first kappa shape index (κ1) is 17.9. The number of nitrogens with zero attached hydrogens (tertiary/aromatic N) is 4. The number of hydrogen-bond donors (Lipinski definition) is 0. The van der Waals surface area contributed by atoms with Gasteiger partial charge in [0, 0.05) is 26.1 Å². The normalized spacial score (nSPS) is 25.6. The molecule has 5 rings (SSSR count). The molecule has 5 nitrogen and oxygen atoms in total. The minimum absolute atomic E-state index is 0.187. The highest BCUT2D eigenvalue weighted by Crippen LogP contribution is 2.54. The van der Waals surface area contributed by atoms with Gasteiger partial charge in [-0.1, -0.05) is 56.0 Å². The molecule has 2 saturated carbocycles. The molecule has 0 bridgehead atoms. The zero-order valence-electron chi connectivity index (χ0n) is 16.8. The third-order valence-electron chi connectivity index (χ3n) is 7.79. The summed E-state index contributed by atoms with van der Waals surface area (Å²) in [5, 5.41) is 8.60. The van der Waals surface area contributed by atoms with Gasteiger partial charge >= 0.3 is 0 Å². The van der Waals surface area contributed by atoms with E-state index in [1.54, 1.807) is 6.33 Å². The van der Waals surface area contributed by atoms with Crippen molar-refractivity contribution in [2.45, 2.75) is 62.7 Å². The van der Waals surface area contributed by atoms with Gasteiger partial charge in [0.25, 0.3) is 0 Å². The van der Waals surface area contributed by atoms with Crippen LogP contribution in [0.1, 0.15) is 68.7 Å². The Morgan fingerprint density at radius 2 is 1.71 bits per heavy atom. The van der Waals surface area contributed by atoms with E-state index >= 15 is 0 Å². The highest BCUT2D eigenvalue weighted by Gasteiger charge is 2.54. The van der Waals surface area contributed by atoms with Crippen molar-refractivity contribution in [1.82, 2.24) is 19.7 Å². The Morgan fingerprint density at radius 1 is 1.04 bits per heavy atom. The summed E-state index contributed by atoms with van der Waals surface area (Å²) < 4.78 is 2.06. The first-order valence-electron chi connectivity index (χ1n) is 10.8. The van der Waals surface area contributed by atoms with E-state index in [0.717, 1.165) is 44.6 Å². The van der Waals surface area contributed by atoms with Crippen molar-refractivity contribution in [2.75, 3.05) is 13.1 Å². The van der Waals surface area contributed by atoms with Crippen LogP contribution in [0.15, 0.2) is 36.7 Å². The summed E-state index contributed by atoms with van der Waals surface area (Å²) in [5.74, 6) is 1.71. The second-order valence-corrected chi connectivity index (χ2v) is 9.26. The smallest absolute Gasteiger partial charge is 0.233 e. The highest BCUT2D eigenvalue weighted by atomic mass is 16.2. The maximum absolute atomic E-state index is 14.0. The van der Waals surface area contributed by atoms with Crippen LogP contribution in [-0.4, -0.2) is 38.7 Å². The SMILES string of the molecule is Cn1cnnc1C1CN(C(=O)C2(c3ccccc3)CCCC2)CC12CCCC2. The Kier molecular flexibility index (Phi) is 4.29. The number of aryl methyl sites for hydroxylation is 1. The van der Waals surface area contributed by atoms with Crippen LogP contribution in [0, 0.1) is 5.41 Å². The lowest BCUT2D eigenvalue weighted by Crippen LogP contribution is -2.45. The molecule has 2 aromatic rings. The molecule has 5 heteroatoms. The molecule has 1 aromatic carbocycles. The van der Waals surface area contributed by atoms with Crippen LogP contribution in [0.2, 0.25) is 0 Å². The molecule has 148 valence electrons. The number of amides is 1. The topological polar surface area (TPSA) is 51.0 Å². The lowest BCUT2D eigenvalue weighted by molar-refractivity contribution is -0.136. The first-order valence-corrected chi connectivity index (χ1v) is 10.8. The number of benzene rings is 1. The molecule has 2 aliphatic carbocycles. The van der Waals surface area contributed by atoms with Crippen LogP contribution < -0.4 is 0 Å². The van der Waals surface area contributed by atoms with E-state index < -0.39 is 0 Å². The molecule has 2 heterocycles. The summed E-state index contributed by atoms with van der Waals surface area (Å²) in [6, 6.07) is 10.5. The summed E-state index contributed by atoms with van der Waals surface area (Å²) in [4.78, 5) is 16.2. The van der Waals surface area contributed by atoms with Gasteiger partial charge in [-0.15, -0.1) is 10.2 Å². The second kappa shape index (κ2) is 6.71. The largest absolute Gasteiger partial charge is 0.341 e. The van der Waals surface area contributed by atoms with Crippen molar-refractivity contribution in [3.8, 4) is 0 Å². The standard InChI is InChI=1S/C23H30N4O/c1-26-17-24-25-20(26)19-15-27(16-22(19)11-5-6-12-22)21(28)23(13-7-8-14-23)18-9-3-2-4-10-18/h2-4,9-10,17,19H,5-8,11-16H2,1H3. The lowest BCUT2D eigenvalue weighted by atomic mass is 9.76. The zero-order valence-corrected chi connectivity index (χ0v) is 16.8. The molecule has 0 N–H and O–H groups in total. The number of carbonyl (C=O) groups excluding carboxylic acids is 1. The van der Waals surface area contributed by atoms with Gasteiger partial charge in [0.1, 0.15) is 12.2 Å². The van der Waals surface area contributed by atoms with E-state index in [-0.39, 0.29) is 10.8 Å². The van der Waals surface area contributed by atoms with E-state index in [0.29, 0.717) is 11.8 Å². The Balaban J connectivity index is 1.49. The second-order valence-electron chi connectivity index (χ2n) is 9.26. The molecular formula is C23H30N4O. The maximum Gasteiger partial charge on any atom is 0.233 e. The summed E-state index contributed by atoms with van der Waals surface area (Å²) in [6.07, 6.45) is 11.0. The van der Waals surface area contributed by atoms with Crippen LogP contribution in [-0.2, 0) is 17.3 Å². The molecule has 1 atom stereocenters. The average molecular weight is 379 g/mol. The fraction of sp³-hybridized carbons (Fsp3) is 0.609. The van der Waals surface area contributed by atoms with Crippen LogP contribution in [0.4, 0.5) is 0 Å². The van der Waals surface area contributed by atoms with E-state index in [1.807, 2.05) is 13.1 Å². The molecule has 0 radical (unpaired) electrons. The highest BCUT2D eigenvalue weighted by molar-refractivity contribution is 5.89. The van der Waals surface area contributed by atoms with Gasteiger partial charge in [0.05, 0.1) is 5.41 Å². The Labute approximate surface area is 167 Å². The van der Waals surface area contributed by atoms with Gasteiger partial charge in [-0.05, 0) is 36.7 Å². The quantitative estimate of drug-likeness (QED) is 0.816. The Bertz CT molecular complexity index is 846. The summed E-state index contributed by atoms with van der Waals surface area (Å²) in [6.45, 7) is 1.68. The van der Waals surface area contributed by atoms with Gasteiger partial charge in [-0.2, -0.15) is 0 Å². The minimum atomic E-state index is -0.324. The molecule has 1 spiro atoms. The molecule has 1 saturated heterocycles. The van der Waals surface area contributed by atoms with Crippen LogP contribution in [0.25, 0.3) is 0 Å². The van der Waals surface area contributed by atoms with Crippen molar-refractivity contribution in [2.24, 2.45) is 12.5 Å². The summed E-state index contributed by atoms with van der Waals surface area (Å²) in [5.41, 5.74) is 1.07. The maximum atomic E-state index is 14.0. The predicted octanol–water partition coefficient (Wildman–Crippen LogP) is 3.81. The van der Waals surface area contributed by atoms with E-state index in [1.165, 1.54) is 31.2 Å². The summed E-state index contributed by atoms with van der Waals surface area (Å²) in [7, 11) is 2.03. The van der Waals surface area contributed by atoms with Gasteiger partial charge in [0.15, 0.2) is 0 Å². The van der Waals surface area contributed by atoms with E-state index in [2.05, 4.69) is 43.9 Å². The summed E-state index contributed by atoms with van der Waals surface area (Å²) >= 11 is 0. The Morgan fingerprint density at radius 3 is 2.36 bits per heavy atom. The van der Waals surface area contributed by atoms with Gasteiger partial charge in [0.2, 0.25) is 5.91 Å². The fourth-order valence-electron chi connectivity index (χ4n) is 6.34. The van der Waals surface area contributed by atoms with Crippen molar-refractivity contribution in [3.05, 3.63) is 48.0 Å². The van der Waals surface area contributed by atoms with Crippen molar-refractivity contribution < 1.29 is 4.79 Å². The van der Waals surface area contributed by atoms with E-state index in [9.17, 15) is 4.79 Å². The fourth-order valence-corrected chi connectivity index (χ4v) is 6.34. The van der Waals surface area contributed by atoms with Crippen molar-refractivity contribution in [3.63, 3.8) is 0 Å².